The molecule has 0 aliphatic heterocycles. The molecule has 0 rings (SSSR count). The van der Waals surface area contributed by atoms with Crippen LogP contribution in [-0.4, -0.2) is 33.4 Å². The monoisotopic (exact) mass is 194 g/mol. The minimum atomic E-state index is -1.97. The second-order valence-corrected chi connectivity index (χ2v) is 4.20. The lowest BCUT2D eigenvalue weighted by Crippen LogP contribution is -2.41. The van der Waals surface area contributed by atoms with Crippen LogP contribution in [0.4, 0.5) is 0 Å². The van der Waals surface area contributed by atoms with Gasteiger partial charge in [-0.15, -0.1) is 0 Å². The van der Waals surface area contributed by atoms with Crippen LogP contribution >= 0.6 is 8.53 Å². The van der Waals surface area contributed by atoms with Gasteiger partial charge in [0, 0.05) is 12.1 Å². The van der Waals surface area contributed by atoms with Crippen molar-refractivity contribution >= 4 is 8.53 Å². The maximum absolute atomic E-state index is 8.65. The Kier molecular flexibility index (Phi) is 5.97. The van der Waals surface area contributed by atoms with Crippen LogP contribution in [0, 0.1) is 0 Å². The molecule has 0 aromatic heterocycles. The van der Waals surface area contributed by atoms with Gasteiger partial charge in [-0.05, 0) is 27.7 Å². The zero-order chi connectivity index (χ0) is 9.72. The topological polar surface area (TPSA) is 55.7 Å². The van der Waals surface area contributed by atoms with Crippen molar-refractivity contribution in [2.24, 2.45) is 0 Å². The number of hydrogen-bond acceptors (Lipinski definition) is 4. The molecule has 0 amide bonds. The average Bonchev–Trinajstić information content (AvgIpc) is 1.84. The predicted octanol–water partition coefficient (Wildman–Crippen LogP) is 0.864. The summed E-state index contributed by atoms with van der Waals surface area (Å²) in [5.74, 6) is 0. The summed E-state index contributed by atoms with van der Waals surface area (Å²) in [6, 6.07) is 0.819. The van der Waals surface area contributed by atoms with Gasteiger partial charge in [-0.3, -0.25) is 4.90 Å². The number of nitrogens with one attached hydrogen (secondary N) is 1. The zero-order valence-corrected chi connectivity index (χ0v) is 9.05. The van der Waals surface area contributed by atoms with Crippen LogP contribution < -0.4 is 5.09 Å². The molecule has 0 unspecified atom stereocenters. The summed E-state index contributed by atoms with van der Waals surface area (Å²) >= 11 is 0. The van der Waals surface area contributed by atoms with Crippen LogP contribution in [0.25, 0.3) is 0 Å². The molecule has 0 aliphatic rings. The Morgan fingerprint density at radius 3 is 1.83 bits per heavy atom. The molecule has 0 aromatic rings. The van der Waals surface area contributed by atoms with E-state index < -0.39 is 8.53 Å². The van der Waals surface area contributed by atoms with Gasteiger partial charge < -0.3 is 9.79 Å². The lowest BCUT2D eigenvalue weighted by molar-refractivity contribution is 0.170. The summed E-state index contributed by atoms with van der Waals surface area (Å²) in [4.78, 5) is 19.4. The minimum absolute atomic E-state index is 0.410. The third kappa shape index (κ3) is 5.01. The van der Waals surface area contributed by atoms with Crippen LogP contribution in [0.2, 0.25) is 0 Å². The van der Waals surface area contributed by atoms with E-state index in [1.165, 1.54) is 0 Å². The highest BCUT2D eigenvalue weighted by atomic mass is 31.2. The van der Waals surface area contributed by atoms with E-state index in [1.807, 2.05) is 0 Å². The highest BCUT2D eigenvalue weighted by Crippen LogP contribution is 2.16. The molecule has 0 fully saturated rings. The molecule has 0 radical (unpaired) electrons. The number of rotatable bonds is 5. The molecule has 5 heteroatoms. The van der Waals surface area contributed by atoms with Gasteiger partial charge in [0.15, 0.2) is 0 Å². The third-order valence-corrected chi connectivity index (χ3v) is 2.15. The van der Waals surface area contributed by atoms with Gasteiger partial charge in [-0.25, -0.2) is 5.09 Å². The van der Waals surface area contributed by atoms with Crippen LogP contribution in [0.3, 0.4) is 0 Å². The molecule has 4 nitrogen and oxygen atoms in total. The molecule has 12 heavy (non-hydrogen) atoms. The highest BCUT2D eigenvalue weighted by molar-refractivity contribution is 7.42. The smallest absolute Gasteiger partial charge is 0.251 e. The van der Waals surface area contributed by atoms with Crippen molar-refractivity contribution in [3.63, 3.8) is 0 Å². The molecule has 0 atom stereocenters. The van der Waals surface area contributed by atoms with Gasteiger partial charge in [0.2, 0.25) is 0 Å². The van der Waals surface area contributed by atoms with Crippen molar-refractivity contribution < 1.29 is 9.79 Å². The molecule has 74 valence electrons. The van der Waals surface area contributed by atoms with E-state index in [-0.39, 0.29) is 0 Å². The predicted molar refractivity (Wildman–Crippen MR) is 51.5 cm³/mol. The maximum Gasteiger partial charge on any atom is 0.251 e. The Morgan fingerprint density at radius 1 is 1.17 bits per heavy atom. The summed E-state index contributed by atoms with van der Waals surface area (Å²) in [7, 11) is -1.97. The molecule has 0 heterocycles. The van der Waals surface area contributed by atoms with Crippen LogP contribution in [0.15, 0.2) is 0 Å². The lowest BCUT2D eigenvalue weighted by atomic mass is 10.2. The van der Waals surface area contributed by atoms with Crippen molar-refractivity contribution in [1.29, 1.82) is 0 Å². The van der Waals surface area contributed by atoms with Crippen molar-refractivity contribution in [2.75, 3.05) is 6.67 Å². The largest absolute Gasteiger partial charge is 0.338 e. The fourth-order valence-corrected chi connectivity index (χ4v) is 1.40. The van der Waals surface area contributed by atoms with Gasteiger partial charge >= 0.3 is 0 Å². The summed E-state index contributed by atoms with van der Waals surface area (Å²) < 4.78 is 0. The van der Waals surface area contributed by atoms with E-state index in [0.717, 1.165) is 0 Å². The molecule has 0 saturated heterocycles. The highest BCUT2D eigenvalue weighted by Gasteiger charge is 2.13. The van der Waals surface area contributed by atoms with Crippen molar-refractivity contribution in [3.8, 4) is 0 Å². The standard InChI is InChI=1S/C7H19N2O2P/c1-6(2)9(7(3)4)5-8-12(10)11/h6-8,10-11H,5H2,1-4H3. The van der Waals surface area contributed by atoms with Crippen LogP contribution in [-0.2, 0) is 0 Å². The van der Waals surface area contributed by atoms with Gasteiger partial charge in [0.1, 0.15) is 0 Å². The second-order valence-electron chi connectivity index (χ2n) is 3.31. The second kappa shape index (κ2) is 5.84. The Morgan fingerprint density at radius 2 is 1.58 bits per heavy atom. The van der Waals surface area contributed by atoms with E-state index in [4.69, 9.17) is 9.79 Å². The first kappa shape index (κ1) is 12.3. The number of hydrogen-bond donors (Lipinski definition) is 3. The van der Waals surface area contributed by atoms with Crippen LogP contribution in [0.5, 0.6) is 0 Å². The first-order valence-electron chi connectivity index (χ1n) is 4.12. The lowest BCUT2D eigenvalue weighted by Gasteiger charge is -2.30. The Hall–Kier alpha value is 0.270. The van der Waals surface area contributed by atoms with E-state index >= 15 is 0 Å². The molecular weight excluding hydrogens is 175 g/mol. The van der Waals surface area contributed by atoms with E-state index in [2.05, 4.69) is 37.7 Å². The molecule has 0 saturated carbocycles. The average molecular weight is 194 g/mol. The molecule has 0 aliphatic carbocycles. The van der Waals surface area contributed by atoms with Gasteiger partial charge in [0.05, 0.1) is 6.67 Å². The molecular formula is C7H19N2O2P. The molecule has 0 spiro atoms. The molecule has 3 N–H and O–H groups in total. The van der Waals surface area contributed by atoms with Crippen LogP contribution in [0.1, 0.15) is 27.7 Å². The third-order valence-electron chi connectivity index (χ3n) is 1.72. The zero-order valence-electron chi connectivity index (χ0n) is 8.15. The Bertz CT molecular complexity index is 112. The van der Waals surface area contributed by atoms with Crippen molar-refractivity contribution in [1.82, 2.24) is 9.99 Å². The minimum Gasteiger partial charge on any atom is -0.338 e. The quantitative estimate of drug-likeness (QED) is 0.449. The maximum atomic E-state index is 8.65. The summed E-state index contributed by atoms with van der Waals surface area (Å²) in [6.07, 6.45) is 0. The summed E-state index contributed by atoms with van der Waals surface area (Å²) in [5.41, 5.74) is 0. The van der Waals surface area contributed by atoms with Crippen molar-refractivity contribution in [2.45, 2.75) is 39.8 Å². The SMILES string of the molecule is CC(C)N(CNP(O)O)C(C)C. The summed E-state index contributed by atoms with van der Waals surface area (Å²) in [6.45, 7) is 8.85. The van der Waals surface area contributed by atoms with Gasteiger partial charge in [-0.2, -0.15) is 0 Å². The van der Waals surface area contributed by atoms with E-state index in [0.29, 0.717) is 18.8 Å². The van der Waals surface area contributed by atoms with Gasteiger partial charge in [0.25, 0.3) is 8.53 Å². The normalized spacial score (nSPS) is 12.5. The fourth-order valence-electron chi connectivity index (χ4n) is 1.11. The van der Waals surface area contributed by atoms with Gasteiger partial charge in [-0.1, -0.05) is 0 Å². The molecule has 0 bridgehead atoms. The molecule has 0 aromatic carbocycles. The summed E-state index contributed by atoms with van der Waals surface area (Å²) in [5, 5.41) is 2.61. The fraction of sp³-hybridized carbons (Fsp3) is 1.00. The Balaban J connectivity index is 3.80. The Labute approximate surface area is 75.6 Å². The first-order valence-corrected chi connectivity index (χ1v) is 5.37. The van der Waals surface area contributed by atoms with E-state index in [9.17, 15) is 0 Å². The number of nitrogens with zero attached hydrogens (tertiary/aromatic N) is 1. The van der Waals surface area contributed by atoms with Crippen molar-refractivity contribution in [3.05, 3.63) is 0 Å². The first-order chi connectivity index (χ1) is 5.45. The van der Waals surface area contributed by atoms with E-state index in [1.54, 1.807) is 0 Å².